The van der Waals surface area contributed by atoms with Crippen LogP contribution in [0.15, 0.2) is 54.6 Å². The first kappa shape index (κ1) is 17.1. The Morgan fingerprint density at radius 3 is 2.38 bits per heavy atom. The highest BCUT2D eigenvalue weighted by Gasteiger charge is 2.48. The van der Waals surface area contributed by atoms with Gasteiger partial charge in [-0.15, -0.1) is 0 Å². The number of rotatable bonds is 6. The summed E-state index contributed by atoms with van der Waals surface area (Å²) in [7, 11) is 0. The van der Waals surface area contributed by atoms with E-state index in [2.05, 4.69) is 5.32 Å². The molecule has 136 valence electrons. The van der Waals surface area contributed by atoms with E-state index in [0.29, 0.717) is 25.0 Å². The molecule has 4 unspecified atom stereocenters. The molecule has 2 saturated carbocycles. The molecule has 0 aliphatic heterocycles. The van der Waals surface area contributed by atoms with E-state index >= 15 is 0 Å². The maximum absolute atomic E-state index is 12.5. The Bertz CT molecular complexity index is 742. The molecule has 2 aromatic carbocycles. The van der Waals surface area contributed by atoms with Crippen molar-refractivity contribution < 1.29 is 9.53 Å². The van der Waals surface area contributed by atoms with E-state index in [4.69, 9.17) is 10.5 Å². The number of hydrogen-bond donors (Lipinski definition) is 2. The molecule has 2 bridgehead atoms. The predicted molar refractivity (Wildman–Crippen MR) is 101 cm³/mol. The largest absolute Gasteiger partial charge is 0.489 e. The minimum absolute atomic E-state index is 0.00676. The van der Waals surface area contributed by atoms with Crippen LogP contribution in [0.3, 0.4) is 0 Å². The van der Waals surface area contributed by atoms with Gasteiger partial charge in [0.25, 0.3) is 0 Å². The maximum atomic E-state index is 12.5. The zero-order valence-corrected chi connectivity index (χ0v) is 14.9. The lowest BCUT2D eigenvalue weighted by atomic mass is 9.84. The maximum Gasteiger partial charge on any atom is 0.225 e. The first-order valence-corrected chi connectivity index (χ1v) is 9.49. The van der Waals surface area contributed by atoms with Crippen molar-refractivity contribution in [3.05, 3.63) is 65.7 Å². The summed E-state index contributed by atoms with van der Waals surface area (Å²) in [6.45, 7) is 1.09. The first-order chi connectivity index (χ1) is 12.7. The third-order valence-electron chi connectivity index (χ3n) is 5.92. The molecule has 2 aromatic rings. The van der Waals surface area contributed by atoms with E-state index in [1.54, 1.807) is 0 Å². The van der Waals surface area contributed by atoms with Crippen LogP contribution in [0.1, 0.15) is 30.4 Å². The molecule has 2 fully saturated rings. The van der Waals surface area contributed by atoms with Gasteiger partial charge in [-0.25, -0.2) is 0 Å². The highest BCUT2D eigenvalue weighted by molar-refractivity contribution is 5.80. The molecule has 26 heavy (non-hydrogen) atoms. The van der Waals surface area contributed by atoms with Crippen molar-refractivity contribution in [2.24, 2.45) is 23.5 Å². The third-order valence-corrected chi connectivity index (χ3v) is 5.92. The van der Waals surface area contributed by atoms with Crippen LogP contribution in [-0.4, -0.2) is 11.9 Å². The number of amides is 1. The fraction of sp³-hybridized carbons (Fsp3) is 0.409. The number of carbonyl (C=O) groups is 1. The number of nitrogens with two attached hydrogens (primary N) is 1. The molecule has 0 spiro atoms. The van der Waals surface area contributed by atoms with E-state index in [9.17, 15) is 4.79 Å². The Labute approximate surface area is 154 Å². The van der Waals surface area contributed by atoms with Gasteiger partial charge in [0, 0.05) is 12.6 Å². The second-order valence-corrected chi connectivity index (χ2v) is 7.57. The minimum Gasteiger partial charge on any atom is -0.489 e. The van der Waals surface area contributed by atoms with E-state index in [-0.39, 0.29) is 17.9 Å². The van der Waals surface area contributed by atoms with E-state index in [0.717, 1.165) is 29.7 Å². The zero-order chi connectivity index (χ0) is 17.9. The highest BCUT2D eigenvalue weighted by atomic mass is 16.5. The summed E-state index contributed by atoms with van der Waals surface area (Å²) in [4.78, 5) is 12.5. The number of fused-ring (bicyclic) bond motifs is 2. The summed E-state index contributed by atoms with van der Waals surface area (Å²) < 4.78 is 5.75. The standard InChI is InChI=1S/C22H26N2O2/c23-21-18-11-10-17(12-18)20(21)22(25)24-13-15-6-8-16(9-7-15)14-26-19-4-2-1-3-5-19/h1-9,17-18,20-21H,10-14,23H2,(H,24,25). The van der Waals surface area contributed by atoms with Gasteiger partial charge in [0.2, 0.25) is 5.91 Å². The van der Waals surface area contributed by atoms with E-state index in [1.807, 2.05) is 54.6 Å². The Hall–Kier alpha value is -2.33. The number of carbonyl (C=O) groups excluding carboxylic acids is 1. The first-order valence-electron chi connectivity index (χ1n) is 9.49. The quantitative estimate of drug-likeness (QED) is 0.840. The number of para-hydroxylation sites is 1. The lowest BCUT2D eigenvalue weighted by Crippen LogP contribution is -2.45. The summed E-state index contributed by atoms with van der Waals surface area (Å²) in [6.07, 6.45) is 3.49. The number of hydrogen-bond acceptors (Lipinski definition) is 3. The summed E-state index contributed by atoms with van der Waals surface area (Å²) >= 11 is 0. The molecule has 4 rings (SSSR count). The van der Waals surface area contributed by atoms with Crippen LogP contribution in [0.5, 0.6) is 5.75 Å². The fourth-order valence-corrected chi connectivity index (χ4v) is 4.47. The van der Waals surface area contributed by atoms with Gasteiger partial charge in [-0.3, -0.25) is 4.79 Å². The monoisotopic (exact) mass is 350 g/mol. The van der Waals surface area contributed by atoms with Gasteiger partial charge in [-0.1, -0.05) is 42.5 Å². The van der Waals surface area contributed by atoms with Crippen LogP contribution < -0.4 is 15.8 Å². The van der Waals surface area contributed by atoms with Crippen LogP contribution in [0, 0.1) is 17.8 Å². The molecule has 0 radical (unpaired) electrons. The van der Waals surface area contributed by atoms with E-state index in [1.165, 1.54) is 6.42 Å². The molecular weight excluding hydrogens is 324 g/mol. The molecule has 2 aliphatic rings. The summed E-state index contributed by atoms with van der Waals surface area (Å²) in [5.41, 5.74) is 8.47. The normalized spacial score (nSPS) is 26.7. The smallest absolute Gasteiger partial charge is 0.225 e. The Morgan fingerprint density at radius 2 is 1.69 bits per heavy atom. The van der Waals surface area contributed by atoms with Gasteiger partial charge < -0.3 is 15.8 Å². The highest BCUT2D eigenvalue weighted by Crippen LogP contribution is 2.47. The van der Waals surface area contributed by atoms with Crippen molar-refractivity contribution in [2.75, 3.05) is 0 Å². The lowest BCUT2D eigenvalue weighted by Gasteiger charge is -2.27. The van der Waals surface area contributed by atoms with Gasteiger partial charge in [0.05, 0.1) is 5.92 Å². The Kier molecular flexibility index (Phi) is 4.93. The number of benzene rings is 2. The van der Waals surface area contributed by atoms with Gasteiger partial charge in [0.15, 0.2) is 0 Å². The molecule has 4 nitrogen and oxygen atoms in total. The van der Waals surface area contributed by atoms with Gasteiger partial charge in [-0.2, -0.15) is 0 Å². The summed E-state index contributed by atoms with van der Waals surface area (Å²) in [6, 6.07) is 18.0. The molecule has 3 N–H and O–H groups in total. The van der Waals surface area contributed by atoms with Crippen LogP contribution in [0.4, 0.5) is 0 Å². The predicted octanol–water partition coefficient (Wildman–Crippen LogP) is 3.26. The lowest BCUT2D eigenvalue weighted by molar-refractivity contribution is -0.127. The topological polar surface area (TPSA) is 64.4 Å². The molecule has 0 heterocycles. The van der Waals surface area contributed by atoms with Crippen molar-refractivity contribution >= 4 is 5.91 Å². The average molecular weight is 350 g/mol. The van der Waals surface area contributed by atoms with E-state index < -0.39 is 0 Å². The Morgan fingerprint density at radius 1 is 1.00 bits per heavy atom. The second-order valence-electron chi connectivity index (χ2n) is 7.57. The summed E-state index contributed by atoms with van der Waals surface area (Å²) in [5, 5.41) is 3.08. The molecule has 0 aromatic heterocycles. The van der Waals surface area contributed by atoms with Crippen molar-refractivity contribution in [3.63, 3.8) is 0 Å². The second kappa shape index (κ2) is 7.50. The third kappa shape index (κ3) is 3.61. The van der Waals surface area contributed by atoms with Crippen molar-refractivity contribution in [1.29, 1.82) is 0 Å². The molecule has 4 atom stereocenters. The average Bonchev–Trinajstić information content (AvgIpc) is 3.27. The van der Waals surface area contributed by atoms with Crippen molar-refractivity contribution in [1.82, 2.24) is 5.32 Å². The fourth-order valence-electron chi connectivity index (χ4n) is 4.47. The summed E-state index contributed by atoms with van der Waals surface area (Å²) in [5.74, 6) is 2.05. The van der Waals surface area contributed by atoms with Crippen LogP contribution in [0.25, 0.3) is 0 Å². The van der Waals surface area contributed by atoms with Crippen molar-refractivity contribution in [3.8, 4) is 5.75 Å². The van der Waals surface area contributed by atoms with Crippen molar-refractivity contribution in [2.45, 2.75) is 38.5 Å². The molecule has 4 heteroatoms. The van der Waals surface area contributed by atoms with Gasteiger partial charge in [-0.05, 0) is 54.4 Å². The number of nitrogens with one attached hydrogen (secondary N) is 1. The molecule has 0 saturated heterocycles. The van der Waals surface area contributed by atoms with Crippen LogP contribution in [0.2, 0.25) is 0 Å². The number of ether oxygens (including phenoxy) is 1. The SMILES string of the molecule is NC1C2CCC(C2)C1C(=O)NCc1ccc(COc2ccccc2)cc1. The van der Waals surface area contributed by atoms with Crippen LogP contribution in [-0.2, 0) is 17.9 Å². The molecule has 2 aliphatic carbocycles. The molecule has 1 amide bonds. The Balaban J connectivity index is 1.27. The molecular formula is C22H26N2O2. The van der Waals surface area contributed by atoms with Crippen LogP contribution >= 0.6 is 0 Å². The zero-order valence-electron chi connectivity index (χ0n) is 14.9. The van der Waals surface area contributed by atoms with Gasteiger partial charge >= 0.3 is 0 Å². The van der Waals surface area contributed by atoms with Gasteiger partial charge in [0.1, 0.15) is 12.4 Å². The minimum atomic E-state index is 0.00676.